The summed E-state index contributed by atoms with van der Waals surface area (Å²) in [5.74, 6) is -0.152. The van der Waals surface area contributed by atoms with Crippen LogP contribution >= 0.6 is 0 Å². The molecule has 0 radical (unpaired) electrons. The van der Waals surface area contributed by atoms with E-state index in [1.807, 2.05) is 41.1 Å². The van der Waals surface area contributed by atoms with E-state index in [1.165, 1.54) is 6.08 Å². The van der Waals surface area contributed by atoms with Crippen LogP contribution in [0.25, 0.3) is 5.69 Å². The number of aromatic nitrogens is 2. The molecule has 2 rings (SSSR count). The fraction of sp³-hybridized carbons (Fsp3) is 0.143. The van der Waals surface area contributed by atoms with Crippen LogP contribution in [-0.2, 0) is 11.2 Å². The smallest absolute Gasteiger partial charge is 0.243 e. The summed E-state index contributed by atoms with van der Waals surface area (Å²) < 4.78 is 1.88. The van der Waals surface area contributed by atoms with Crippen molar-refractivity contribution in [1.82, 2.24) is 15.1 Å². The normalized spacial score (nSPS) is 10.0. The quantitative estimate of drug-likeness (QED) is 0.810. The van der Waals surface area contributed by atoms with Gasteiger partial charge in [0.15, 0.2) is 0 Å². The maximum Gasteiger partial charge on any atom is 0.243 e. The molecule has 92 valence electrons. The topological polar surface area (TPSA) is 46.9 Å². The minimum atomic E-state index is -0.152. The van der Waals surface area contributed by atoms with Crippen molar-refractivity contribution in [2.75, 3.05) is 6.54 Å². The standard InChI is InChI=1S/C14H15N3O/c1-2-14(18)15-10-8-13-9-11-16-17(13)12-6-4-3-5-7-12/h2-7,9,11H,1,8,10H2,(H,15,18). The first kappa shape index (κ1) is 12.1. The van der Waals surface area contributed by atoms with Gasteiger partial charge in [-0.25, -0.2) is 4.68 Å². The molecule has 1 amide bonds. The Morgan fingerprint density at radius 3 is 2.83 bits per heavy atom. The van der Waals surface area contributed by atoms with Crippen LogP contribution in [0.5, 0.6) is 0 Å². The predicted octanol–water partition coefficient (Wildman–Crippen LogP) is 1.72. The molecule has 18 heavy (non-hydrogen) atoms. The minimum Gasteiger partial charge on any atom is -0.352 e. The molecule has 0 unspecified atom stereocenters. The molecule has 1 heterocycles. The summed E-state index contributed by atoms with van der Waals surface area (Å²) in [5.41, 5.74) is 2.08. The molecule has 0 saturated heterocycles. The van der Waals surface area contributed by atoms with Crippen molar-refractivity contribution in [3.8, 4) is 5.69 Å². The van der Waals surface area contributed by atoms with E-state index in [9.17, 15) is 4.79 Å². The number of amides is 1. The van der Waals surface area contributed by atoms with Crippen molar-refractivity contribution < 1.29 is 4.79 Å². The van der Waals surface area contributed by atoms with E-state index in [4.69, 9.17) is 0 Å². The Hall–Kier alpha value is -2.36. The highest BCUT2D eigenvalue weighted by Gasteiger charge is 2.04. The van der Waals surface area contributed by atoms with Gasteiger partial charge in [-0.15, -0.1) is 0 Å². The van der Waals surface area contributed by atoms with Crippen molar-refractivity contribution in [1.29, 1.82) is 0 Å². The number of nitrogens with zero attached hydrogens (tertiary/aromatic N) is 2. The summed E-state index contributed by atoms with van der Waals surface area (Å²) in [7, 11) is 0. The molecule has 1 aromatic carbocycles. The van der Waals surface area contributed by atoms with Gasteiger partial charge in [0.2, 0.25) is 5.91 Å². The molecule has 0 fully saturated rings. The van der Waals surface area contributed by atoms with E-state index in [1.54, 1.807) is 6.20 Å². The van der Waals surface area contributed by atoms with Crippen LogP contribution in [0.2, 0.25) is 0 Å². The molecule has 0 aliphatic rings. The molecule has 4 heteroatoms. The number of nitrogens with one attached hydrogen (secondary N) is 1. The van der Waals surface area contributed by atoms with Crippen molar-refractivity contribution in [2.24, 2.45) is 0 Å². The van der Waals surface area contributed by atoms with Crippen LogP contribution < -0.4 is 5.32 Å². The molecule has 0 bridgehead atoms. The van der Waals surface area contributed by atoms with Gasteiger partial charge < -0.3 is 5.32 Å². The zero-order valence-corrected chi connectivity index (χ0v) is 10.0. The van der Waals surface area contributed by atoms with Crippen LogP contribution in [0.3, 0.4) is 0 Å². The van der Waals surface area contributed by atoms with Gasteiger partial charge in [-0.3, -0.25) is 4.79 Å². The van der Waals surface area contributed by atoms with Crippen molar-refractivity contribution in [2.45, 2.75) is 6.42 Å². The SMILES string of the molecule is C=CC(=O)NCCc1ccnn1-c1ccccc1. The number of carbonyl (C=O) groups is 1. The predicted molar refractivity (Wildman–Crippen MR) is 70.5 cm³/mol. The van der Waals surface area contributed by atoms with Gasteiger partial charge in [-0.05, 0) is 24.3 Å². The number of benzene rings is 1. The zero-order chi connectivity index (χ0) is 12.8. The Labute approximate surface area is 106 Å². The molecule has 0 aliphatic carbocycles. The highest BCUT2D eigenvalue weighted by Crippen LogP contribution is 2.09. The lowest BCUT2D eigenvalue weighted by molar-refractivity contribution is -0.116. The van der Waals surface area contributed by atoms with Gasteiger partial charge in [-0.2, -0.15) is 5.10 Å². The summed E-state index contributed by atoms with van der Waals surface area (Å²) in [5, 5.41) is 7.04. The highest BCUT2D eigenvalue weighted by molar-refractivity contribution is 5.86. The summed E-state index contributed by atoms with van der Waals surface area (Å²) in [6, 6.07) is 11.9. The van der Waals surface area contributed by atoms with Gasteiger partial charge in [-0.1, -0.05) is 24.8 Å². The van der Waals surface area contributed by atoms with E-state index in [0.717, 1.165) is 17.8 Å². The molecule has 0 spiro atoms. The van der Waals surface area contributed by atoms with Crippen LogP contribution in [0.1, 0.15) is 5.69 Å². The Bertz CT molecular complexity index is 531. The fourth-order valence-electron chi connectivity index (χ4n) is 1.71. The lowest BCUT2D eigenvalue weighted by atomic mass is 10.2. The van der Waals surface area contributed by atoms with Crippen LogP contribution in [0.4, 0.5) is 0 Å². The van der Waals surface area contributed by atoms with E-state index in [2.05, 4.69) is 17.0 Å². The second-order valence-corrected chi connectivity index (χ2v) is 3.82. The first-order chi connectivity index (χ1) is 8.81. The second kappa shape index (κ2) is 5.82. The van der Waals surface area contributed by atoms with Crippen molar-refractivity contribution in [3.63, 3.8) is 0 Å². The summed E-state index contributed by atoms with van der Waals surface area (Å²) in [6.45, 7) is 3.98. The number of rotatable bonds is 5. The minimum absolute atomic E-state index is 0.152. The molecule has 0 aliphatic heterocycles. The maximum atomic E-state index is 11.0. The van der Waals surface area contributed by atoms with Crippen LogP contribution in [0, 0.1) is 0 Å². The average molecular weight is 241 g/mol. The Balaban J connectivity index is 2.05. The first-order valence-corrected chi connectivity index (χ1v) is 5.80. The molecule has 2 aromatic rings. The number of para-hydroxylation sites is 1. The van der Waals surface area contributed by atoms with E-state index < -0.39 is 0 Å². The third-order valence-corrected chi connectivity index (χ3v) is 2.59. The Morgan fingerprint density at radius 1 is 1.33 bits per heavy atom. The number of hydrogen-bond donors (Lipinski definition) is 1. The first-order valence-electron chi connectivity index (χ1n) is 5.80. The lowest BCUT2D eigenvalue weighted by Crippen LogP contribution is -2.24. The van der Waals surface area contributed by atoms with Crippen molar-refractivity contribution in [3.05, 3.63) is 60.9 Å². The largest absolute Gasteiger partial charge is 0.352 e. The zero-order valence-electron chi connectivity index (χ0n) is 10.0. The van der Waals surface area contributed by atoms with E-state index in [0.29, 0.717) is 6.54 Å². The second-order valence-electron chi connectivity index (χ2n) is 3.82. The summed E-state index contributed by atoms with van der Waals surface area (Å²) >= 11 is 0. The summed E-state index contributed by atoms with van der Waals surface area (Å²) in [6.07, 6.45) is 3.76. The molecule has 4 nitrogen and oxygen atoms in total. The fourth-order valence-corrected chi connectivity index (χ4v) is 1.71. The van der Waals surface area contributed by atoms with Gasteiger partial charge >= 0.3 is 0 Å². The highest BCUT2D eigenvalue weighted by atomic mass is 16.1. The van der Waals surface area contributed by atoms with Gasteiger partial charge in [0.05, 0.1) is 5.69 Å². The van der Waals surface area contributed by atoms with Gasteiger partial charge in [0.25, 0.3) is 0 Å². The van der Waals surface area contributed by atoms with Crippen LogP contribution in [-0.4, -0.2) is 22.2 Å². The monoisotopic (exact) mass is 241 g/mol. The molecular weight excluding hydrogens is 226 g/mol. The molecule has 1 N–H and O–H groups in total. The average Bonchev–Trinajstić information content (AvgIpc) is 2.88. The lowest BCUT2D eigenvalue weighted by Gasteiger charge is -2.07. The van der Waals surface area contributed by atoms with E-state index >= 15 is 0 Å². The van der Waals surface area contributed by atoms with Gasteiger partial charge in [0, 0.05) is 24.9 Å². The van der Waals surface area contributed by atoms with E-state index in [-0.39, 0.29) is 5.91 Å². The number of hydrogen-bond acceptors (Lipinski definition) is 2. The van der Waals surface area contributed by atoms with Crippen LogP contribution in [0.15, 0.2) is 55.3 Å². The third kappa shape index (κ3) is 2.85. The third-order valence-electron chi connectivity index (χ3n) is 2.59. The molecule has 1 aromatic heterocycles. The number of carbonyl (C=O) groups excluding carboxylic acids is 1. The molecule has 0 atom stereocenters. The summed E-state index contributed by atoms with van der Waals surface area (Å²) in [4.78, 5) is 11.0. The maximum absolute atomic E-state index is 11.0. The molecular formula is C14H15N3O. The van der Waals surface area contributed by atoms with Crippen molar-refractivity contribution >= 4 is 5.91 Å². The van der Waals surface area contributed by atoms with Gasteiger partial charge in [0.1, 0.15) is 0 Å². The Morgan fingerprint density at radius 2 is 2.11 bits per heavy atom. The Kier molecular flexibility index (Phi) is 3.91. The molecule has 0 saturated carbocycles.